The van der Waals surface area contributed by atoms with Gasteiger partial charge >= 0.3 is 6.18 Å². The Bertz CT molecular complexity index is 1290. The van der Waals surface area contributed by atoms with Crippen molar-refractivity contribution < 1.29 is 27.4 Å². The van der Waals surface area contributed by atoms with Crippen molar-refractivity contribution in [3.8, 4) is 11.5 Å². The smallest absolute Gasteiger partial charge is 0.410 e. The van der Waals surface area contributed by atoms with Crippen molar-refractivity contribution in [3.05, 3.63) is 71.4 Å². The highest BCUT2D eigenvalue weighted by Crippen LogP contribution is 2.46. The monoisotopic (exact) mass is 513 g/mol. The number of halogens is 3. The van der Waals surface area contributed by atoms with Crippen molar-refractivity contribution in [2.45, 2.75) is 31.2 Å². The fraction of sp³-hybridized carbons (Fsp3) is 0.385. The highest BCUT2D eigenvalue weighted by Gasteiger charge is 2.47. The van der Waals surface area contributed by atoms with Gasteiger partial charge in [-0.05, 0) is 23.3 Å². The molecule has 11 heteroatoms. The Morgan fingerprint density at radius 3 is 2.54 bits per heavy atom. The van der Waals surface area contributed by atoms with Gasteiger partial charge in [0.15, 0.2) is 17.5 Å². The minimum absolute atomic E-state index is 0.0755. The van der Waals surface area contributed by atoms with E-state index < -0.39 is 18.3 Å². The Balaban J connectivity index is 1.21. The number of nitrogens with one attached hydrogen (secondary N) is 1. The van der Waals surface area contributed by atoms with Crippen LogP contribution >= 0.6 is 0 Å². The van der Waals surface area contributed by atoms with Gasteiger partial charge in [0.25, 0.3) is 5.91 Å². The number of anilines is 1. The van der Waals surface area contributed by atoms with Gasteiger partial charge in [0.05, 0.1) is 12.2 Å². The third-order valence-electron chi connectivity index (χ3n) is 7.18. The minimum Gasteiger partial charge on any atom is -0.454 e. The number of alkyl halides is 3. The van der Waals surface area contributed by atoms with Gasteiger partial charge in [0.2, 0.25) is 6.79 Å². The summed E-state index contributed by atoms with van der Waals surface area (Å²) in [7, 11) is 0. The molecule has 6 rings (SSSR count). The van der Waals surface area contributed by atoms with Gasteiger partial charge in [0, 0.05) is 39.1 Å². The molecule has 0 saturated carbocycles. The first kappa shape index (κ1) is 23.7. The molecule has 2 aromatic carbocycles. The zero-order valence-electron chi connectivity index (χ0n) is 19.9. The van der Waals surface area contributed by atoms with Gasteiger partial charge in [-0.2, -0.15) is 18.3 Å². The number of carbonyl (C=O) groups excluding carboxylic acids is 1. The first-order valence-corrected chi connectivity index (χ1v) is 12.2. The number of aromatic nitrogens is 2. The molecule has 3 aliphatic rings. The van der Waals surface area contributed by atoms with E-state index in [1.165, 1.54) is 11.8 Å². The lowest BCUT2D eigenvalue weighted by atomic mass is 9.96. The van der Waals surface area contributed by atoms with Crippen molar-refractivity contribution in [1.29, 1.82) is 0 Å². The van der Waals surface area contributed by atoms with Crippen LogP contribution in [0.3, 0.4) is 0 Å². The summed E-state index contributed by atoms with van der Waals surface area (Å²) in [6.45, 7) is 3.21. The van der Waals surface area contributed by atoms with Crippen LogP contribution < -0.4 is 14.8 Å². The van der Waals surface area contributed by atoms with E-state index in [-0.39, 0.29) is 30.5 Å². The molecule has 0 radical (unpaired) electrons. The standard InChI is InChI=1S/C26H26F3N5O3/c27-26(28,29)23-13-20(18-6-7-21-22(12-18)37-16-36-21)31-24-19(14-30-34(23)24)25(35)33-10-8-32(9-11-33)15-17-4-2-1-3-5-17/h1-7,12,14,20,23,31H,8-11,13,15-16H2/t20-,23-/m1/s1. The maximum Gasteiger partial charge on any atom is 0.410 e. The predicted molar refractivity (Wildman–Crippen MR) is 128 cm³/mol. The minimum atomic E-state index is -4.53. The third-order valence-corrected chi connectivity index (χ3v) is 7.18. The quantitative estimate of drug-likeness (QED) is 0.563. The number of rotatable bonds is 4. The van der Waals surface area contributed by atoms with E-state index in [0.29, 0.717) is 43.2 Å². The first-order chi connectivity index (χ1) is 17.9. The van der Waals surface area contributed by atoms with Crippen LogP contribution in [0.15, 0.2) is 54.7 Å². The van der Waals surface area contributed by atoms with Gasteiger partial charge in [0.1, 0.15) is 11.4 Å². The molecule has 1 aromatic heterocycles. The molecule has 2 atom stereocenters. The fourth-order valence-corrected chi connectivity index (χ4v) is 5.19. The van der Waals surface area contributed by atoms with Crippen LogP contribution in [0.25, 0.3) is 0 Å². The molecule has 1 fully saturated rings. The lowest BCUT2D eigenvalue weighted by Crippen LogP contribution is -2.48. The summed E-state index contributed by atoms with van der Waals surface area (Å²) in [5.41, 5.74) is 1.97. The number of ether oxygens (including phenoxy) is 2. The van der Waals surface area contributed by atoms with Crippen molar-refractivity contribution in [3.63, 3.8) is 0 Å². The Morgan fingerprint density at radius 2 is 1.78 bits per heavy atom. The van der Waals surface area contributed by atoms with E-state index in [9.17, 15) is 18.0 Å². The summed E-state index contributed by atoms with van der Waals surface area (Å²) in [6.07, 6.45) is -3.54. The first-order valence-electron chi connectivity index (χ1n) is 12.2. The van der Waals surface area contributed by atoms with Crippen LogP contribution in [0.4, 0.5) is 19.0 Å². The average Bonchev–Trinajstić information content (AvgIpc) is 3.55. The third kappa shape index (κ3) is 4.59. The van der Waals surface area contributed by atoms with Gasteiger partial charge in [-0.1, -0.05) is 36.4 Å². The fourth-order valence-electron chi connectivity index (χ4n) is 5.19. The molecular formula is C26H26F3N5O3. The zero-order chi connectivity index (χ0) is 25.6. The number of piperazine rings is 1. The molecule has 0 bridgehead atoms. The Labute approximate surface area is 211 Å². The number of carbonyl (C=O) groups is 1. The molecule has 1 amide bonds. The number of fused-ring (bicyclic) bond motifs is 2. The van der Waals surface area contributed by atoms with Crippen LogP contribution in [0.2, 0.25) is 0 Å². The predicted octanol–water partition coefficient (Wildman–Crippen LogP) is 4.23. The summed E-state index contributed by atoms with van der Waals surface area (Å²) >= 11 is 0. The zero-order valence-corrected chi connectivity index (χ0v) is 19.9. The van der Waals surface area contributed by atoms with Gasteiger partial charge in [-0.25, -0.2) is 4.68 Å². The van der Waals surface area contributed by atoms with Crippen LogP contribution in [0, 0.1) is 0 Å². The Kier molecular flexibility index (Phi) is 5.94. The summed E-state index contributed by atoms with van der Waals surface area (Å²) in [5, 5.41) is 7.17. The van der Waals surface area contributed by atoms with E-state index in [1.807, 2.05) is 18.2 Å². The molecule has 1 N–H and O–H groups in total. The van der Waals surface area contributed by atoms with Crippen LogP contribution in [0.1, 0.15) is 40.0 Å². The van der Waals surface area contributed by atoms with Gasteiger partial charge in [-0.3, -0.25) is 9.69 Å². The van der Waals surface area contributed by atoms with Crippen molar-refractivity contribution in [2.75, 3.05) is 38.3 Å². The van der Waals surface area contributed by atoms with Crippen LogP contribution in [0.5, 0.6) is 11.5 Å². The average molecular weight is 514 g/mol. The molecule has 1 saturated heterocycles. The van der Waals surface area contributed by atoms with Crippen molar-refractivity contribution in [2.24, 2.45) is 0 Å². The molecular weight excluding hydrogens is 487 g/mol. The van der Waals surface area contributed by atoms with Crippen LogP contribution in [-0.4, -0.2) is 64.6 Å². The SMILES string of the molecule is O=C(c1cnn2c1N[C@@H](c1ccc3c(c1)OCO3)C[C@@H]2C(F)(F)F)N1CCN(Cc2ccccc2)CC1. The number of amides is 1. The maximum absolute atomic E-state index is 14.1. The number of benzene rings is 2. The maximum atomic E-state index is 14.1. The topological polar surface area (TPSA) is 71.9 Å². The van der Waals surface area contributed by atoms with Crippen molar-refractivity contribution in [1.82, 2.24) is 19.6 Å². The summed E-state index contributed by atoms with van der Waals surface area (Å²) in [6, 6.07) is 12.7. The lowest BCUT2D eigenvalue weighted by molar-refractivity contribution is -0.173. The lowest BCUT2D eigenvalue weighted by Gasteiger charge is -2.36. The van der Waals surface area contributed by atoms with E-state index in [1.54, 1.807) is 23.1 Å². The van der Waals surface area contributed by atoms with Crippen molar-refractivity contribution >= 4 is 11.7 Å². The molecule has 3 aromatic rings. The van der Waals surface area contributed by atoms with Gasteiger partial charge < -0.3 is 19.7 Å². The van der Waals surface area contributed by atoms with E-state index >= 15 is 0 Å². The number of nitrogens with zero attached hydrogens (tertiary/aromatic N) is 4. The molecule has 4 heterocycles. The second-order valence-electron chi connectivity index (χ2n) is 9.51. The largest absolute Gasteiger partial charge is 0.454 e. The second-order valence-corrected chi connectivity index (χ2v) is 9.51. The summed E-state index contributed by atoms with van der Waals surface area (Å²) in [5.74, 6) is 0.819. The van der Waals surface area contributed by atoms with E-state index in [0.717, 1.165) is 11.2 Å². The molecule has 0 unspecified atom stereocenters. The van der Waals surface area contributed by atoms with E-state index in [4.69, 9.17) is 9.47 Å². The summed E-state index contributed by atoms with van der Waals surface area (Å²) in [4.78, 5) is 17.4. The highest BCUT2D eigenvalue weighted by atomic mass is 19.4. The molecule has 8 nitrogen and oxygen atoms in total. The molecule has 37 heavy (non-hydrogen) atoms. The highest BCUT2D eigenvalue weighted by molar-refractivity contribution is 5.99. The molecule has 0 aliphatic carbocycles. The van der Waals surface area contributed by atoms with Gasteiger partial charge in [-0.15, -0.1) is 0 Å². The Hall–Kier alpha value is -3.73. The Morgan fingerprint density at radius 1 is 1.03 bits per heavy atom. The molecule has 194 valence electrons. The van der Waals surface area contributed by atoms with E-state index in [2.05, 4.69) is 27.4 Å². The second kappa shape index (κ2) is 9.29. The molecule has 0 spiro atoms. The van der Waals surface area contributed by atoms with Crippen LogP contribution in [-0.2, 0) is 6.54 Å². The normalized spacial score (nSPS) is 21.4. The number of hydrogen-bond acceptors (Lipinski definition) is 6. The number of hydrogen-bond donors (Lipinski definition) is 1. The summed E-state index contributed by atoms with van der Waals surface area (Å²) < 4.78 is 53.9. The molecule has 3 aliphatic heterocycles.